The van der Waals surface area contributed by atoms with Crippen LogP contribution in [-0.2, 0) is 11.3 Å². The number of ether oxygens (including phenoxy) is 1. The van der Waals surface area contributed by atoms with Gasteiger partial charge in [0.25, 0.3) is 11.3 Å². The zero-order valence-corrected chi connectivity index (χ0v) is 12.6. The summed E-state index contributed by atoms with van der Waals surface area (Å²) in [6, 6.07) is 4.75. The summed E-state index contributed by atoms with van der Waals surface area (Å²) in [5.41, 5.74) is 0.200. The van der Waals surface area contributed by atoms with Crippen molar-refractivity contribution in [2.24, 2.45) is 0 Å². The van der Waals surface area contributed by atoms with Crippen LogP contribution in [0.5, 0.6) is 5.75 Å². The van der Waals surface area contributed by atoms with Gasteiger partial charge in [-0.25, -0.2) is 9.97 Å². The van der Waals surface area contributed by atoms with Crippen molar-refractivity contribution >= 4 is 16.7 Å². The molecule has 4 aromatic rings. The van der Waals surface area contributed by atoms with Crippen LogP contribution in [0.3, 0.4) is 0 Å². The van der Waals surface area contributed by atoms with Gasteiger partial charge in [0.2, 0.25) is 0 Å². The lowest BCUT2D eigenvalue weighted by atomic mass is 10.3. The maximum atomic E-state index is 12.7. The highest BCUT2D eigenvalue weighted by Gasteiger charge is 2.13. The molecule has 24 heavy (non-hydrogen) atoms. The third-order valence-electron chi connectivity index (χ3n) is 3.55. The highest BCUT2D eigenvalue weighted by molar-refractivity contribution is 5.79. The monoisotopic (exact) mass is 324 g/mol. The molecule has 120 valence electrons. The van der Waals surface area contributed by atoms with E-state index < -0.39 is 0 Å². The zero-order valence-electron chi connectivity index (χ0n) is 12.6. The lowest BCUT2D eigenvalue weighted by molar-refractivity contribution is 0.178. The van der Waals surface area contributed by atoms with Crippen molar-refractivity contribution in [2.45, 2.75) is 6.61 Å². The minimum Gasteiger partial charge on any atom is -0.504 e. The number of rotatable bonds is 3. The summed E-state index contributed by atoms with van der Waals surface area (Å²) in [5, 5.41) is 14.5. The second-order valence-electron chi connectivity index (χ2n) is 5.07. The number of pyridine rings is 2. The second kappa shape index (κ2) is 5.39. The van der Waals surface area contributed by atoms with E-state index >= 15 is 0 Å². The van der Waals surface area contributed by atoms with Gasteiger partial charge in [-0.3, -0.25) is 9.36 Å². The summed E-state index contributed by atoms with van der Waals surface area (Å²) in [7, 11) is 1.55. The molecule has 0 amide bonds. The molecular formula is C15H12N6O3. The number of hydrogen-bond donors (Lipinski definition) is 1. The van der Waals surface area contributed by atoms with Crippen LogP contribution in [0, 0.1) is 0 Å². The Hall–Kier alpha value is -3.33. The standard InChI is InChI=1S/C15H12N6O3/c1-24-8-12-18-15-17-7-9-10(21(15)19-12)4-6-20(14(9)23)13-11(22)3-2-5-16-13/h2-7,22H,8H2,1H3. The summed E-state index contributed by atoms with van der Waals surface area (Å²) in [6.45, 7) is 0.254. The number of aromatic nitrogens is 6. The molecule has 0 radical (unpaired) electrons. The van der Waals surface area contributed by atoms with Gasteiger partial charge in [0.15, 0.2) is 17.4 Å². The van der Waals surface area contributed by atoms with Crippen molar-refractivity contribution < 1.29 is 9.84 Å². The van der Waals surface area contributed by atoms with Gasteiger partial charge in [-0.1, -0.05) is 0 Å². The maximum Gasteiger partial charge on any atom is 0.267 e. The van der Waals surface area contributed by atoms with E-state index in [0.717, 1.165) is 0 Å². The second-order valence-corrected chi connectivity index (χ2v) is 5.07. The van der Waals surface area contributed by atoms with E-state index in [1.165, 1.54) is 33.7 Å². The Labute approximate surface area is 134 Å². The third kappa shape index (κ3) is 2.10. The van der Waals surface area contributed by atoms with Crippen molar-refractivity contribution in [1.29, 1.82) is 0 Å². The fourth-order valence-electron chi connectivity index (χ4n) is 2.49. The van der Waals surface area contributed by atoms with Crippen LogP contribution in [0.25, 0.3) is 22.5 Å². The molecule has 4 heterocycles. The maximum absolute atomic E-state index is 12.7. The number of methoxy groups -OCH3 is 1. The minimum atomic E-state index is -0.361. The molecule has 0 aliphatic carbocycles. The average Bonchev–Trinajstić information content (AvgIpc) is 2.99. The van der Waals surface area contributed by atoms with Crippen molar-refractivity contribution in [3.63, 3.8) is 0 Å². The Morgan fingerprint density at radius 3 is 2.96 bits per heavy atom. The van der Waals surface area contributed by atoms with Crippen LogP contribution in [0.2, 0.25) is 0 Å². The van der Waals surface area contributed by atoms with E-state index in [1.54, 1.807) is 19.2 Å². The molecule has 0 aliphatic heterocycles. The van der Waals surface area contributed by atoms with Gasteiger partial charge in [-0.2, -0.15) is 9.50 Å². The summed E-state index contributed by atoms with van der Waals surface area (Å²) in [6.07, 6.45) is 4.47. The summed E-state index contributed by atoms with van der Waals surface area (Å²) in [4.78, 5) is 25.2. The summed E-state index contributed by atoms with van der Waals surface area (Å²) >= 11 is 0. The first-order chi connectivity index (χ1) is 11.7. The topological polar surface area (TPSA) is 107 Å². The van der Waals surface area contributed by atoms with Gasteiger partial charge in [0.05, 0.1) is 10.9 Å². The molecule has 9 nitrogen and oxygen atoms in total. The van der Waals surface area contributed by atoms with E-state index in [9.17, 15) is 9.90 Å². The van der Waals surface area contributed by atoms with E-state index in [0.29, 0.717) is 22.5 Å². The van der Waals surface area contributed by atoms with Gasteiger partial charge < -0.3 is 9.84 Å². The molecule has 1 N–H and O–H groups in total. The molecule has 0 fully saturated rings. The highest BCUT2D eigenvalue weighted by Crippen LogP contribution is 2.18. The minimum absolute atomic E-state index is 0.0869. The van der Waals surface area contributed by atoms with E-state index in [1.807, 2.05) is 0 Å². The number of aromatic hydroxyl groups is 1. The predicted octanol–water partition coefficient (Wildman–Crippen LogP) is 0.675. The lowest BCUT2D eigenvalue weighted by Gasteiger charge is -2.07. The van der Waals surface area contributed by atoms with Crippen molar-refractivity contribution in [1.82, 2.24) is 29.1 Å². The van der Waals surface area contributed by atoms with Crippen molar-refractivity contribution in [3.8, 4) is 11.6 Å². The van der Waals surface area contributed by atoms with Crippen LogP contribution in [0.4, 0.5) is 0 Å². The molecule has 0 saturated heterocycles. The van der Waals surface area contributed by atoms with Crippen LogP contribution < -0.4 is 5.56 Å². The fraction of sp³-hybridized carbons (Fsp3) is 0.133. The SMILES string of the molecule is COCc1nc2ncc3c(=O)n(-c4ncccc4O)ccc3n2n1. The van der Waals surface area contributed by atoms with Crippen LogP contribution in [-0.4, -0.2) is 41.3 Å². The first kappa shape index (κ1) is 14.3. The Kier molecular flexibility index (Phi) is 3.21. The summed E-state index contributed by atoms with van der Waals surface area (Å²) in [5.74, 6) is 0.927. The Bertz CT molecular complexity index is 1120. The van der Waals surface area contributed by atoms with Gasteiger partial charge in [-0.15, -0.1) is 5.10 Å². The summed E-state index contributed by atoms with van der Waals surface area (Å²) < 4.78 is 7.77. The van der Waals surface area contributed by atoms with Crippen LogP contribution in [0.15, 0.2) is 41.6 Å². The molecule has 0 atom stereocenters. The molecule has 0 spiro atoms. The molecule has 0 bridgehead atoms. The number of hydrogen-bond acceptors (Lipinski definition) is 7. The van der Waals surface area contributed by atoms with Gasteiger partial charge in [0, 0.05) is 25.7 Å². The van der Waals surface area contributed by atoms with E-state index in [-0.39, 0.29) is 23.7 Å². The molecule has 0 saturated carbocycles. The fourth-order valence-corrected chi connectivity index (χ4v) is 2.49. The quantitative estimate of drug-likeness (QED) is 0.590. The molecule has 9 heteroatoms. The normalized spacial score (nSPS) is 11.4. The predicted molar refractivity (Wildman–Crippen MR) is 84.1 cm³/mol. The van der Waals surface area contributed by atoms with Gasteiger partial charge in [0.1, 0.15) is 6.61 Å². The number of nitrogens with zero attached hydrogens (tertiary/aromatic N) is 6. The molecule has 4 aromatic heterocycles. The lowest BCUT2D eigenvalue weighted by Crippen LogP contribution is -2.19. The van der Waals surface area contributed by atoms with E-state index in [2.05, 4.69) is 20.1 Å². The zero-order chi connectivity index (χ0) is 16.7. The Balaban J connectivity index is 1.99. The van der Waals surface area contributed by atoms with E-state index in [4.69, 9.17) is 4.74 Å². The third-order valence-corrected chi connectivity index (χ3v) is 3.55. The Morgan fingerprint density at radius 2 is 2.17 bits per heavy atom. The number of fused-ring (bicyclic) bond motifs is 3. The van der Waals surface area contributed by atoms with Gasteiger partial charge in [-0.05, 0) is 18.2 Å². The molecule has 4 rings (SSSR count). The molecule has 0 aliphatic rings. The largest absolute Gasteiger partial charge is 0.504 e. The van der Waals surface area contributed by atoms with Crippen LogP contribution >= 0.6 is 0 Å². The van der Waals surface area contributed by atoms with Crippen molar-refractivity contribution in [3.05, 3.63) is 53.0 Å². The first-order valence-electron chi connectivity index (χ1n) is 7.08. The molecule has 0 unspecified atom stereocenters. The first-order valence-corrected chi connectivity index (χ1v) is 7.08. The van der Waals surface area contributed by atoms with Gasteiger partial charge >= 0.3 is 0 Å². The average molecular weight is 324 g/mol. The molecular weight excluding hydrogens is 312 g/mol. The van der Waals surface area contributed by atoms with Crippen LogP contribution in [0.1, 0.15) is 5.82 Å². The molecule has 0 aromatic carbocycles. The highest BCUT2D eigenvalue weighted by atomic mass is 16.5. The van der Waals surface area contributed by atoms with Crippen molar-refractivity contribution in [2.75, 3.05) is 7.11 Å². The Morgan fingerprint density at radius 1 is 1.29 bits per heavy atom. The smallest absolute Gasteiger partial charge is 0.267 e.